The van der Waals surface area contributed by atoms with Gasteiger partial charge in [0.2, 0.25) is 0 Å². The summed E-state index contributed by atoms with van der Waals surface area (Å²) < 4.78 is 14.6. The van der Waals surface area contributed by atoms with Crippen molar-refractivity contribution in [2.75, 3.05) is 36.3 Å². The van der Waals surface area contributed by atoms with E-state index in [9.17, 15) is 9.18 Å². The molecule has 1 N–H and O–H groups in total. The van der Waals surface area contributed by atoms with Gasteiger partial charge in [-0.1, -0.05) is 25.1 Å². The van der Waals surface area contributed by atoms with Crippen molar-refractivity contribution in [1.29, 1.82) is 0 Å². The number of aromatic nitrogens is 1. The van der Waals surface area contributed by atoms with Crippen molar-refractivity contribution >= 4 is 24.3 Å². The molecule has 0 bridgehead atoms. The number of halogens is 1. The summed E-state index contributed by atoms with van der Waals surface area (Å²) in [4.78, 5) is 21.6. The van der Waals surface area contributed by atoms with Gasteiger partial charge in [-0.2, -0.15) is 0 Å². The molecule has 1 aliphatic carbocycles. The van der Waals surface area contributed by atoms with Gasteiger partial charge in [-0.25, -0.2) is 9.37 Å². The second kappa shape index (κ2) is 7.93. The van der Waals surface area contributed by atoms with E-state index in [4.69, 9.17) is 4.98 Å². The number of pyridine rings is 1. The highest BCUT2D eigenvalue weighted by Crippen LogP contribution is 2.40. The Balaban J connectivity index is 1.21. The van der Waals surface area contributed by atoms with Crippen molar-refractivity contribution < 1.29 is 9.18 Å². The van der Waals surface area contributed by atoms with Crippen LogP contribution in [0.1, 0.15) is 46.7 Å². The van der Waals surface area contributed by atoms with Gasteiger partial charge in [0.05, 0.1) is 5.56 Å². The van der Waals surface area contributed by atoms with Gasteiger partial charge in [0.25, 0.3) is 12.8 Å². The first-order valence-electron chi connectivity index (χ1n) is 11.2. The van der Waals surface area contributed by atoms with Crippen molar-refractivity contribution in [3.63, 3.8) is 0 Å². The highest BCUT2D eigenvalue weighted by Gasteiger charge is 2.28. The van der Waals surface area contributed by atoms with Crippen LogP contribution >= 0.6 is 0 Å². The molecule has 7 heteroatoms. The van der Waals surface area contributed by atoms with Crippen LogP contribution in [0.15, 0.2) is 30.5 Å². The van der Waals surface area contributed by atoms with Gasteiger partial charge in [-0.05, 0) is 55.0 Å². The highest BCUT2D eigenvalue weighted by molar-refractivity contribution is 6.65. The maximum atomic E-state index is 14.6. The van der Waals surface area contributed by atoms with Crippen LogP contribution < -0.4 is 10.1 Å². The molecular weight excluding hydrogens is 378 g/mol. The van der Waals surface area contributed by atoms with E-state index in [2.05, 4.69) is 23.1 Å². The number of nitrogens with zero attached hydrogens (tertiary/aromatic N) is 3. The minimum Gasteiger partial charge on any atom is -0.428 e. The summed E-state index contributed by atoms with van der Waals surface area (Å²) in [5.41, 5.74) is 3.45. The van der Waals surface area contributed by atoms with Crippen molar-refractivity contribution in [2.24, 2.45) is 0 Å². The van der Waals surface area contributed by atoms with E-state index in [1.165, 1.54) is 36.5 Å². The molecule has 5 nitrogen and oxygen atoms in total. The molecule has 1 aromatic heterocycles. The quantitative estimate of drug-likeness (QED) is 0.758. The van der Waals surface area contributed by atoms with Crippen LogP contribution in [-0.2, 0) is 0 Å². The van der Waals surface area contributed by atoms with E-state index in [1.807, 2.05) is 12.3 Å². The molecule has 3 heterocycles. The molecule has 0 spiro atoms. The summed E-state index contributed by atoms with van der Waals surface area (Å²) in [6.45, 7) is 5.13. The SMILES string of the molecule is Cc1cc(C2CC2)cnc1N1CCN(C(=O)c2ccc(NB3CCC3)cc2F)CC1. The summed E-state index contributed by atoms with van der Waals surface area (Å²) in [5, 5.41) is 3.33. The highest BCUT2D eigenvalue weighted by atomic mass is 19.1. The minimum atomic E-state index is -0.445. The Labute approximate surface area is 177 Å². The molecule has 0 atom stereocenters. The number of anilines is 2. The number of nitrogens with one attached hydrogen (secondary N) is 1. The maximum absolute atomic E-state index is 14.6. The molecule has 0 unspecified atom stereocenters. The van der Waals surface area contributed by atoms with E-state index in [0.717, 1.165) is 24.1 Å². The molecule has 0 radical (unpaired) electrons. The summed E-state index contributed by atoms with van der Waals surface area (Å²) in [7, 11) is 0. The Kier molecular flexibility index (Phi) is 5.13. The van der Waals surface area contributed by atoms with E-state index >= 15 is 0 Å². The Bertz CT molecular complexity index is 952. The molecule has 5 rings (SSSR count). The predicted molar refractivity (Wildman–Crippen MR) is 119 cm³/mol. The smallest absolute Gasteiger partial charge is 0.256 e. The summed E-state index contributed by atoms with van der Waals surface area (Å²) in [5.74, 6) is 1.03. The van der Waals surface area contributed by atoms with Crippen LogP contribution in [0.3, 0.4) is 0 Å². The fraction of sp³-hybridized carbons (Fsp3) is 0.478. The third-order valence-electron chi connectivity index (χ3n) is 6.66. The van der Waals surface area contributed by atoms with E-state index in [0.29, 0.717) is 38.9 Å². The van der Waals surface area contributed by atoms with Crippen LogP contribution in [0.4, 0.5) is 15.9 Å². The molecular formula is C23H28BFN4O. The van der Waals surface area contributed by atoms with Crippen LogP contribution in [0.2, 0.25) is 12.6 Å². The number of rotatable bonds is 5. The van der Waals surface area contributed by atoms with Gasteiger partial charge in [0, 0.05) is 38.1 Å². The predicted octanol–water partition coefficient (Wildman–Crippen LogP) is 4.18. The molecule has 2 aromatic rings. The number of piperazine rings is 1. The van der Waals surface area contributed by atoms with Crippen molar-refractivity contribution in [1.82, 2.24) is 9.88 Å². The molecule has 3 fully saturated rings. The van der Waals surface area contributed by atoms with E-state index < -0.39 is 5.82 Å². The monoisotopic (exact) mass is 406 g/mol. The van der Waals surface area contributed by atoms with Crippen LogP contribution in [0.25, 0.3) is 0 Å². The Morgan fingerprint density at radius 1 is 1.17 bits per heavy atom. The fourth-order valence-electron chi connectivity index (χ4n) is 4.42. The van der Waals surface area contributed by atoms with E-state index in [-0.39, 0.29) is 11.5 Å². The average Bonchev–Trinajstić information content (AvgIpc) is 3.56. The number of hydrogen-bond acceptors (Lipinski definition) is 4. The Morgan fingerprint density at radius 2 is 1.93 bits per heavy atom. The number of aryl methyl sites for hydroxylation is 1. The summed E-state index contributed by atoms with van der Waals surface area (Å²) >= 11 is 0. The van der Waals surface area contributed by atoms with Crippen molar-refractivity contribution in [3.8, 4) is 0 Å². The Morgan fingerprint density at radius 3 is 2.53 bits per heavy atom. The van der Waals surface area contributed by atoms with Gasteiger partial charge in [0.1, 0.15) is 11.6 Å². The topological polar surface area (TPSA) is 48.5 Å². The van der Waals surface area contributed by atoms with Crippen LogP contribution in [-0.4, -0.2) is 48.8 Å². The molecule has 1 amide bonds. The number of hydrogen-bond donors (Lipinski definition) is 1. The molecule has 1 saturated carbocycles. The van der Waals surface area contributed by atoms with Gasteiger partial charge in [0.15, 0.2) is 0 Å². The number of carbonyl (C=O) groups is 1. The number of carbonyl (C=O) groups excluding carboxylic acids is 1. The second-order valence-corrected chi connectivity index (χ2v) is 8.93. The average molecular weight is 406 g/mol. The van der Waals surface area contributed by atoms with Crippen molar-refractivity contribution in [2.45, 2.75) is 44.7 Å². The third-order valence-corrected chi connectivity index (χ3v) is 6.66. The first-order chi connectivity index (χ1) is 14.6. The molecule has 2 saturated heterocycles. The summed E-state index contributed by atoms with van der Waals surface area (Å²) in [6.07, 6.45) is 8.04. The standard InChI is InChI=1S/C23H28BFN4O/c1-16-13-18(17-3-4-17)15-26-22(16)28-9-11-29(12-10-28)23(30)20-6-5-19(14-21(20)25)27-24-7-2-8-24/h5-6,13-15,17,27H,2-4,7-12H2,1H3. The minimum absolute atomic E-state index is 0.158. The lowest BCUT2D eigenvalue weighted by atomic mass is 9.45. The lowest BCUT2D eigenvalue weighted by molar-refractivity contribution is 0.0742. The second-order valence-electron chi connectivity index (χ2n) is 8.93. The fourth-order valence-corrected chi connectivity index (χ4v) is 4.42. The lowest BCUT2D eigenvalue weighted by Crippen LogP contribution is -2.49. The lowest BCUT2D eigenvalue weighted by Gasteiger charge is -2.36. The zero-order valence-electron chi connectivity index (χ0n) is 17.5. The number of benzene rings is 1. The van der Waals surface area contributed by atoms with Crippen LogP contribution in [0, 0.1) is 12.7 Å². The normalized spacial score (nSPS) is 18.9. The largest absolute Gasteiger partial charge is 0.428 e. The molecule has 1 aromatic carbocycles. The van der Waals surface area contributed by atoms with Gasteiger partial charge in [-0.3, -0.25) is 4.79 Å². The molecule has 2 aliphatic heterocycles. The first kappa shape index (κ1) is 19.4. The Hall–Kier alpha value is -2.57. The summed E-state index contributed by atoms with van der Waals surface area (Å²) in [6, 6.07) is 7.15. The molecule has 3 aliphatic rings. The third kappa shape index (κ3) is 3.90. The molecule has 156 valence electrons. The zero-order valence-corrected chi connectivity index (χ0v) is 17.5. The maximum Gasteiger partial charge on any atom is 0.256 e. The van der Waals surface area contributed by atoms with Crippen molar-refractivity contribution in [3.05, 3.63) is 53.0 Å². The molecule has 30 heavy (non-hydrogen) atoms. The number of amides is 1. The van der Waals surface area contributed by atoms with Gasteiger partial charge < -0.3 is 15.0 Å². The van der Waals surface area contributed by atoms with E-state index in [1.54, 1.807) is 11.0 Å². The van der Waals surface area contributed by atoms with Gasteiger partial charge >= 0.3 is 0 Å². The van der Waals surface area contributed by atoms with Gasteiger partial charge in [-0.15, -0.1) is 0 Å². The zero-order chi connectivity index (χ0) is 20.7. The van der Waals surface area contributed by atoms with Crippen LogP contribution in [0.5, 0.6) is 0 Å². The first-order valence-corrected chi connectivity index (χ1v) is 11.2.